The van der Waals surface area contributed by atoms with Gasteiger partial charge in [-0.15, -0.1) is 15.7 Å². The summed E-state index contributed by atoms with van der Waals surface area (Å²) in [6.07, 6.45) is 5.10. The van der Waals surface area contributed by atoms with Gasteiger partial charge in [-0.2, -0.15) is 8.42 Å². The van der Waals surface area contributed by atoms with Gasteiger partial charge in [0.15, 0.2) is 5.84 Å². The fourth-order valence-corrected chi connectivity index (χ4v) is 9.87. The van der Waals surface area contributed by atoms with Crippen LogP contribution in [0, 0.1) is 17.8 Å². The SMILES string of the molecule is CS(=O)(=O)CCc1csc2c1S(=O)(=O)N=C(C1=C(O)C3C4CCC(CC4)C3N(Cc3ccccc3)C1=O)N2. The van der Waals surface area contributed by atoms with E-state index in [9.17, 15) is 26.7 Å². The number of nitrogens with one attached hydrogen (secondary N) is 1. The molecule has 0 saturated heterocycles. The molecule has 3 fully saturated rings. The molecule has 0 spiro atoms. The first-order chi connectivity index (χ1) is 18.0. The van der Waals surface area contributed by atoms with E-state index in [4.69, 9.17) is 0 Å². The first kappa shape index (κ1) is 25.6. The molecule has 38 heavy (non-hydrogen) atoms. The van der Waals surface area contributed by atoms with Gasteiger partial charge in [0.1, 0.15) is 31.1 Å². The Morgan fingerprint density at radius 3 is 2.50 bits per heavy atom. The molecule has 2 unspecified atom stereocenters. The molecule has 9 nitrogen and oxygen atoms in total. The number of hydrogen-bond donors (Lipinski definition) is 2. The highest BCUT2D eigenvalue weighted by Crippen LogP contribution is 2.52. The van der Waals surface area contributed by atoms with Crippen LogP contribution in [-0.4, -0.2) is 56.6 Å². The third-order valence-electron chi connectivity index (χ3n) is 8.27. The van der Waals surface area contributed by atoms with Gasteiger partial charge in [0, 0.05) is 24.8 Å². The maximum absolute atomic E-state index is 14.0. The lowest BCUT2D eigenvalue weighted by molar-refractivity contribution is -0.140. The average Bonchev–Trinajstić information content (AvgIpc) is 3.30. The van der Waals surface area contributed by atoms with Crippen LogP contribution in [0.15, 0.2) is 56.3 Å². The summed E-state index contributed by atoms with van der Waals surface area (Å²) in [6.45, 7) is 0.362. The molecular weight excluding hydrogens is 547 g/mol. The van der Waals surface area contributed by atoms with Crippen molar-refractivity contribution >= 4 is 47.9 Å². The third kappa shape index (κ3) is 4.36. The van der Waals surface area contributed by atoms with E-state index in [0.29, 0.717) is 12.1 Å². The number of amidine groups is 1. The van der Waals surface area contributed by atoms with Gasteiger partial charge in [-0.3, -0.25) is 4.79 Å². The van der Waals surface area contributed by atoms with E-state index in [0.717, 1.165) is 48.8 Å². The number of aliphatic hydroxyl groups is 1. The average molecular weight is 576 g/mol. The Labute approximate surface area is 226 Å². The Bertz CT molecular complexity index is 1570. The highest BCUT2D eigenvalue weighted by molar-refractivity contribution is 7.91. The highest BCUT2D eigenvalue weighted by Gasteiger charge is 2.54. The highest BCUT2D eigenvalue weighted by atomic mass is 32.2. The number of benzene rings is 1. The van der Waals surface area contributed by atoms with E-state index in [-0.39, 0.29) is 63.0 Å². The zero-order valence-electron chi connectivity index (χ0n) is 20.8. The van der Waals surface area contributed by atoms with Crippen LogP contribution in [0.3, 0.4) is 0 Å². The molecule has 0 radical (unpaired) electrons. The van der Waals surface area contributed by atoms with Gasteiger partial charge in [0.2, 0.25) is 0 Å². The van der Waals surface area contributed by atoms with Crippen LogP contribution in [0.4, 0.5) is 5.00 Å². The summed E-state index contributed by atoms with van der Waals surface area (Å²) >= 11 is 1.12. The summed E-state index contributed by atoms with van der Waals surface area (Å²) in [5.41, 5.74) is 1.24. The van der Waals surface area contributed by atoms with E-state index in [1.165, 1.54) is 0 Å². The number of thiophene rings is 1. The normalized spacial score (nSPS) is 28.0. The van der Waals surface area contributed by atoms with Crippen LogP contribution in [-0.2, 0) is 37.6 Å². The molecule has 2 atom stereocenters. The van der Waals surface area contributed by atoms with Crippen LogP contribution in [0.5, 0.6) is 0 Å². The summed E-state index contributed by atoms with van der Waals surface area (Å²) in [4.78, 5) is 15.8. The van der Waals surface area contributed by atoms with Crippen molar-refractivity contribution in [2.45, 2.75) is 49.6 Å². The lowest BCUT2D eigenvalue weighted by atomic mass is 9.59. The van der Waals surface area contributed by atoms with Crippen molar-refractivity contribution in [2.24, 2.45) is 22.2 Å². The summed E-state index contributed by atoms with van der Waals surface area (Å²) in [6, 6.07) is 9.52. The number of hydrogen-bond acceptors (Lipinski definition) is 8. The summed E-state index contributed by atoms with van der Waals surface area (Å²) in [5.74, 6) is -0.626. The molecule has 1 aromatic carbocycles. The number of carbonyl (C=O) groups is 1. The molecule has 2 N–H and O–H groups in total. The minimum absolute atomic E-state index is 0.0426. The van der Waals surface area contributed by atoms with Crippen molar-refractivity contribution in [3.05, 3.63) is 58.2 Å². The molecule has 12 heteroatoms. The van der Waals surface area contributed by atoms with E-state index in [2.05, 4.69) is 9.71 Å². The quantitative estimate of drug-likeness (QED) is 0.539. The van der Waals surface area contributed by atoms with Crippen molar-refractivity contribution in [2.75, 3.05) is 17.3 Å². The van der Waals surface area contributed by atoms with Crippen molar-refractivity contribution in [3.63, 3.8) is 0 Å². The Morgan fingerprint density at radius 2 is 1.82 bits per heavy atom. The number of aliphatic hydroxyl groups excluding tert-OH is 1. The number of nitrogens with zero attached hydrogens (tertiary/aromatic N) is 2. The number of anilines is 1. The maximum Gasteiger partial charge on any atom is 0.287 e. The number of amides is 1. The Kier molecular flexibility index (Phi) is 6.19. The van der Waals surface area contributed by atoms with Crippen molar-refractivity contribution < 1.29 is 26.7 Å². The largest absolute Gasteiger partial charge is 0.511 e. The van der Waals surface area contributed by atoms with Crippen LogP contribution >= 0.6 is 11.3 Å². The van der Waals surface area contributed by atoms with Gasteiger partial charge in [0.05, 0.1) is 5.75 Å². The standard InChI is InChI=1S/C26H29N3O6S3/c1-37(32,33)12-11-18-14-36-25-23(18)38(34,35)28-24(27-25)20-22(30)19-16-7-9-17(10-8-16)21(19)29(26(20)31)13-15-5-3-2-4-6-15/h2-6,14,16-17,19,21,30H,7-13H2,1H3,(H,27,28). The molecule has 1 aromatic heterocycles. The van der Waals surface area contributed by atoms with Gasteiger partial charge in [0.25, 0.3) is 15.9 Å². The fraction of sp³-hybridized carbons (Fsp3) is 0.462. The van der Waals surface area contributed by atoms with E-state index >= 15 is 0 Å². The van der Waals surface area contributed by atoms with Crippen molar-refractivity contribution in [1.29, 1.82) is 0 Å². The van der Waals surface area contributed by atoms with Gasteiger partial charge in [-0.05, 0) is 60.4 Å². The molecule has 5 aliphatic rings. The number of rotatable bonds is 6. The molecule has 3 saturated carbocycles. The lowest BCUT2D eigenvalue weighted by Gasteiger charge is -2.54. The second kappa shape index (κ2) is 9.20. The van der Waals surface area contributed by atoms with Gasteiger partial charge >= 0.3 is 0 Å². The first-order valence-electron chi connectivity index (χ1n) is 12.7. The maximum atomic E-state index is 14.0. The number of aryl methyl sites for hydroxylation is 1. The minimum Gasteiger partial charge on any atom is -0.511 e. The van der Waals surface area contributed by atoms with E-state index in [1.807, 2.05) is 35.2 Å². The molecule has 3 aliphatic carbocycles. The molecule has 2 bridgehead atoms. The molecule has 3 heterocycles. The third-order valence-corrected chi connectivity index (χ3v) is 11.7. The Hall–Kier alpha value is -2.70. The molecule has 202 valence electrons. The zero-order chi connectivity index (χ0) is 26.8. The Balaban J connectivity index is 1.41. The van der Waals surface area contributed by atoms with Crippen molar-refractivity contribution in [1.82, 2.24) is 4.90 Å². The Morgan fingerprint density at radius 1 is 1.13 bits per heavy atom. The second-order valence-corrected chi connectivity index (χ2v) is 15.4. The zero-order valence-corrected chi connectivity index (χ0v) is 23.3. The number of fused-ring (bicyclic) bond motifs is 3. The monoisotopic (exact) mass is 575 g/mol. The van der Waals surface area contributed by atoms with E-state index < -0.39 is 25.8 Å². The van der Waals surface area contributed by atoms with E-state index in [1.54, 1.807) is 5.38 Å². The smallest absolute Gasteiger partial charge is 0.287 e. The van der Waals surface area contributed by atoms with Crippen LogP contribution in [0.2, 0.25) is 0 Å². The number of sulfone groups is 1. The molecule has 1 amide bonds. The van der Waals surface area contributed by atoms with Crippen molar-refractivity contribution in [3.8, 4) is 0 Å². The fourth-order valence-electron chi connectivity index (χ4n) is 6.61. The minimum atomic E-state index is -4.23. The lowest BCUT2D eigenvalue weighted by Crippen LogP contribution is -2.60. The topological polar surface area (TPSA) is 133 Å². The predicted octanol–water partition coefficient (Wildman–Crippen LogP) is 3.51. The van der Waals surface area contributed by atoms with Gasteiger partial charge in [-0.1, -0.05) is 30.3 Å². The van der Waals surface area contributed by atoms with Gasteiger partial charge in [-0.25, -0.2) is 8.42 Å². The number of carbonyl (C=O) groups excluding carboxylic acids is 1. The molecule has 7 rings (SSSR count). The van der Waals surface area contributed by atoms with Crippen LogP contribution < -0.4 is 5.32 Å². The predicted molar refractivity (Wildman–Crippen MR) is 145 cm³/mol. The second-order valence-electron chi connectivity index (χ2n) is 10.7. The molecule has 2 aliphatic heterocycles. The van der Waals surface area contributed by atoms with Gasteiger partial charge < -0.3 is 15.3 Å². The molecular formula is C26H29N3O6S3. The first-order valence-corrected chi connectivity index (χ1v) is 17.1. The van der Waals surface area contributed by atoms with Crippen LogP contribution in [0.25, 0.3) is 0 Å². The van der Waals surface area contributed by atoms with Crippen LogP contribution in [0.1, 0.15) is 36.8 Å². The summed E-state index contributed by atoms with van der Waals surface area (Å²) in [5, 5.41) is 16.4. The number of sulfonamides is 1. The summed E-state index contributed by atoms with van der Waals surface area (Å²) in [7, 11) is -7.52. The summed E-state index contributed by atoms with van der Waals surface area (Å²) < 4.78 is 53.9. The molecule has 2 aromatic rings.